The lowest BCUT2D eigenvalue weighted by Crippen LogP contribution is -2.30. The van der Waals surface area contributed by atoms with Gasteiger partial charge in [0, 0.05) is 13.1 Å². The van der Waals surface area contributed by atoms with E-state index in [1.54, 1.807) is 13.8 Å². The summed E-state index contributed by atoms with van der Waals surface area (Å²) < 4.78 is 39.6. The van der Waals surface area contributed by atoms with Gasteiger partial charge in [0.25, 0.3) is 0 Å². The number of hydrogen-bond donors (Lipinski definition) is 1. The zero-order chi connectivity index (χ0) is 15.1. The van der Waals surface area contributed by atoms with Crippen LogP contribution in [0.2, 0.25) is 0 Å². The van der Waals surface area contributed by atoms with Gasteiger partial charge in [0.15, 0.2) is 0 Å². The highest BCUT2D eigenvalue weighted by atomic mass is 32.2. The van der Waals surface area contributed by atoms with Crippen LogP contribution in [-0.2, 0) is 14.8 Å². The number of nitrogens with zero attached hydrogens (tertiary/aromatic N) is 1. The van der Waals surface area contributed by atoms with E-state index in [2.05, 4.69) is 0 Å². The van der Waals surface area contributed by atoms with Crippen molar-refractivity contribution in [3.05, 3.63) is 29.6 Å². The smallest absolute Gasteiger partial charge is 0.308 e. The number of halogens is 1. The summed E-state index contributed by atoms with van der Waals surface area (Å²) in [6.45, 7) is 3.32. The molecule has 0 saturated carbocycles. The van der Waals surface area contributed by atoms with Crippen molar-refractivity contribution in [2.45, 2.75) is 18.7 Å². The summed E-state index contributed by atoms with van der Waals surface area (Å²) in [4.78, 5) is 10.7. The first-order valence-electron chi connectivity index (χ1n) is 6.22. The number of hydrogen-bond acceptors (Lipinski definition) is 3. The molecule has 2 rings (SSSR count). The fraction of sp³-hybridized carbons (Fsp3) is 0.462. The minimum atomic E-state index is -4.00. The van der Waals surface area contributed by atoms with E-state index in [0.29, 0.717) is 5.56 Å². The first kappa shape index (κ1) is 14.9. The number of sulfonamides is 1. The number of aryl methyl sites for hydroxylation is 1. The van der Waals surface area contributed by atoms with Crippen molar-refractivity contribution < 1.29 is 22.7 Å². The minimum Gasteiger partial charge on any atom is -0.481 e. The van der Waals surface area contributed by atoms with Crippen LogP contribution in [0.5, 0.6) is 0 Å². The van der Waals surface area contributed by atoms with Gasteiger partial charge in [-0.25, -0.2) is 12.8 Å². The van der Waals surface area contributed by atoms with E-state index in [0.717, 1.165) is 10.4 Å². The van der Waals surface area contributed by atoms with Gasteiger partial charge in [-0.1, -0.05) is 13.0 Å². The maximum atomic E-state index is 13.7. The van der Waals surface area contributed by atoms with Gasteiger partial charge < -0.3 is 5.11 Å². The highest BCUT2D eigenvalue weighted by Gasteiger charge is 2.41. The Morgan fingerprint density at radius 3 is 2.60 bits per heavy atom. The molecule has 2 atom stereocenters. The van der Waals surface area contributed by atoms with E-state index < -0.39 is 32.6 Å². The number of aliphatic carboxylic acids is 1. The zero-order valence-corrected chi connectivity index (χ0v) is 12.0. The van der Waals surface area contributed by atoms with E-state index in [-0.39, 0.29) is 19.0 Å². The number of benzene rings is 1. The van der Waals surface area contributed by atoms with Crippen molar-refractivity contribution >= 4 is 16.0 Å². The van der Waals surface area contributed by atoms with E-state index in [1.165, 1.54) is 12.1 Å². The number of rotatable bonds is 3. The fourth-order valence-electron chi connectivity index (χ4n) is 2.39. The lowest BCUT2D eigenvalue weighted by Gasteiger charge is -2.16. The zero-order valence-electron chi connectivity index (χ0n) is 11.2. The largest absolute Gasteiger partial charge is 0.481 e. The molecule has 0 aromatic heterocycles. The minimum absolute atomic E-state index is 0.0900. The van der Waals surface area contributed by atoms with Crippen molar-refractivity contribution in [3.63, 3.8) is 0 Å². The molecule has 1 saturated heterocycles. The summed E-state index contributed by atoms with van der Waals surface area (Å²) in [5.41, 5.74) is 0.631. The summed E-state index contributed by atoms with van der Waals surface area (Å²) in [5, 5.41) is 9.04. The van der Waals surface area contributed by atoms with Crippen molar-refractivity contribution in [3.8, 4) is 0 Å². The third-order valence-electron chi connectivity index (χ3n) is 3.60. The monoisotopic (exact) mass is 301 g/mol. The van der Waals surface area contributed by atoms with Crippen LogP contribution in [0.1, 0.15) is 12.5 Å². The number of carboxylic acid groups (broad SMARTS) is 1. The Hall–Kier alpha value is -1.47. The van der Waals surface area contributed by atoms with Crippen LogP contribution in [0.25, 0.3) is 0 Å². The molecule has 0 bridgehead atoms. The van der Waals surface area contributed by atoms with Gasteiger partial charge in [-0.3, -0.25) is 4.79 Å². The Balaban J connectivity index is 2.37. The molecule has 110 valence electrons. The second kappa shape index (κ2) is 5.14. The SMILES string of the molecule is Cc1ccc(F)c(S(=O)(=O)N2CC(C)C(C(=O)O)C2)c1. The highest BCUT2D eigenvalue weighted by molar-refractivity contribution is 7.89. The van der Waals surface area contributed by atoms with Crippen molar-refractivity contribution in [2.24, 2.45) is 11.8 Å². The molecule has 0 radical (unpaired) electrons. The lowest BCUT2D eigenvalue weighted by molar-refractivity contribution is -0.142. The Morgan fingerprint density at radius 2 is 2.05 bits per heavy atom. The third kappa shape index (κ3) is 2.55. The number of carboxylic acids is 1. The molecule has 1 aliphatic heterocycles. The molecule has 7 heteroatoms. The molecule has 0 amide bonds. The Morgan fingerprint density at radius 1 is 1.40 bits per heavy atom. The standard InChI is InChI=1S/C13H16FNO4S/c1-8-3-4-11(14)12(5-8)20(18,19)15-6-9(2)10(7-15)13(16)17/h3-5,9-10H,6-7H2,1-2H3,(H,16,17). The molecule has 5 nitrogen and oxygen atoms in total. The summed E-state index contributed by atoms with van der Waals surface area (Å²) in [6.07, 6.45) is 0. The van der Waals surface area contributed by atoms with E-state index in [4.69, 9.17) is 5.11 Å². The van der Waals surface area contributed by atoms with Gasteiger partial charge in [-0.05, 0) is 30.5 Å². The molecule has 20 heavy (non-hydrogen) atoms. The van der Waals surface area contributed by atoms with Crippen LogP contribution in [0.4, 0.5) is 4.39 Å². The highest BCUT2D eigenvalue weighted by Crippen LogP contribution is 2.29. The molecule has 2 unspecified atom stereocenters. The predicted molar refractivity (Wildman–Crippen MR) is 70.2 cm³/mol. The van der Waals surface area contributed by atoms with Gasteiger partial charge in [0.2, 0.25) is 10.0 Å². The van der Waals surface area contributed by atoms with Gasteiger partial charge in [-0.15, -0.1) is 0 Å². The van der Waals surface area contributed by atoms with Crippen LogP contribution in [0.15, 0.2) is 23.1 Å². The van der Waals surface area contributed by atoms with Crippen LogP contribution in [0, 0.1) is 24.6 Å². The summed E-state index contributed by atoms with van der Waals surface area (Å²) in [7, 11) is -4.00. The predicted octanol–water partition coefficient (Wildman–Crippen LogP) is 1.48. The average Bonchev–Trinajstić information content (AvgIpc) is 2.75. The molecule has 1 heterocycles. The number of carbonyl (C=O) groups is 1. The Bertz CT molecular complexity index is 644. The molecule has 1 aliphatic rings. The van der Waals surface area contributed by atoms with Crippen molar-refractivity contribution in [2.75, 3.05) is 13.1 Å². The van der Waals surface area contributed by atoms with Gasteiger partial charge in [-0.2, -0.15) is 4.31 Å². The Labute approximate surface area is 117 Å². The molecule has 0 aliphatic carbocycles. The quantitative estimate of drug-likeness (QED) is 0.917. The van der Waals surface area contributed by atoms with Crippen LogP contribution < -0.4 is 0 Å². The summed E-state index contributed by atoms with van der Waals surface area (Å²) in [6, 6.07) is 3.86. The van der Waals surface area contributed by atoms with Gasteiger partial charge in [0.1, 0.15) is 10.7 Å². The van der Waals surface area contributed by atoms with Crippen molar-refractivity contribution in [1.29, 1.82) is 0 Å². The van der Waals surface area contributed by atoms with Crippen molar-refractivity contribution in [1.82, 2.24) is 4.31 Å². The maximum absolute atomic E-state index is 13.7. The van der Waals surface area contributed by atoms with E-state index >= 15 is 0 Å². The normalized spacial score (nSPS) is 23.9. The van der Waals surface area contributed by atoms with E-state index in [9.17, 15) is 17.6 Å². The topological polar surface area (TPSA) is 74.7 Å². The molecule has 1 fully saturated rings. The first-order valence-corrected chi connectivity index (χ1v) is 7.66. The molecule has 1 aromatic rings. The third-order valence-corrected chi connectivity index (χ3v) is 5.45. The lowest BCUT2D eigenvalue weighted by atomic mass is 9.99. The molecule has 1 N–H and O–H groups in total. The Kier molecular flexibility index (Phi) is 3.84. The van der Waals surface area contributed by atoms with E-state index in [1.807, 2.05) is 0 Å². The molecule has 1 aromatic carbocycles. The molecule has 0 spiro atoms. The van der Waals surface area contributed by atoms with Gasteiger partial charge >= 0.3 is 5.97 Å². The van der Waals surface area contributed by atoms with Gasteiger partial charge in [0.05, 0.1) is 5.92 Å². The summed E-state index contributed by atoms with van der Waals surface area (Å²) in [5.74, 6) is -2.89. The first-order chi connectivity index (χ1) is 9.23. The van der Waals surface area contributed by atoms with Crippen LogP contribution in [-0.4, -0.2) is 36.9 Å². The average molecular weight is 301 g/mol. The summed E-state index contributed by atoms with van der Waals surface area (Å²) >= 11 is 0. The second-order valence-corrected chi connectivity index (χ2v) is 7.08. The van der Waals surface area contributed by atoms with Crippen LogP contribution in [0.3, 0.4) is 0 Å². The fourth-order valence-corrected chi connectivity index (χ4v) is 4.10. The molecular weight excluding hydrogens is 285 g/mol. The molecular formula is C13H16FNO4S. The maximum Gasteiger partial charge on any atom is 0.308 e. The van der Waals surface area contributed by atoms with Crippen LogP contribution >= 0.6 is 0 Å². The second-order valence-electron chi connectivity index (χ2n) is 5.18.